The van der Waals surface area contributed by atoms with Crippen molar-refractivity contribution >= 4 is 17.3 Å². The first-order valence-electron chi connectivity index (χ1n) is 7.11. The lowest BCUT2D eigenvalue weighted by molar-refractivity contribution is -0.118. The maximum absolute atomic E-state index is 12.0. The summed E-state index contributed by atoms with van der Waals surface area (Å²) in [6.45, 7) is 1.84. The van der Waals surface area contributed by atoms with Gasteiger partial charge < -0.3 is 20.9 Å². The smallest absolute Gasteiger partial charge is 0.238 e. The maximum Gasteiger partial charge on any atom is 0.238 e. The third-order valence-electron chi connectivity index (χ3n) is 3.60. The molecule has 0 spiro atoms. The number of nitrogens with two attached hydrogens (primary N) is 1. The predicted molar refractivity (Wildman–Crippen MR) is 82.0 cm³/mol. The van der Waals surface area contributed by atoms with Crippen molar-refractivity contribution in [2.45, 2.75) is 18.4 Å². The molecule has 0 aromatic heterocycles. The molecule has 6 nitrogen and oxygen atoms in total. The van der Waals surface area contributed by atoms with Crippen molar-refractivity contribution in [1.29, 1.82) is 0 Å². The van der Waals surface area contributed by atoms with Gasteiger partial charge in [0.1, 0.15) is 0 Å². The Balaban J connectivity index is 1.80. The molecule has 0 saturated carbocycles. The highest BCUT2D eigenvalue weighted by atomic mass is 16.5. The van der Waals surface area contributed by atoms with E-state index in [0.717, 1.165) is 0 Å². The summed E-state index contributed by atoms with van der Waals surface area (Å²) in [5.74, 6) is -0.113. The quantitative estimate of drug-likeness (QED) is 0.695. The minimum absolute atomic E-state index is 0.113. The number of carbonyl (C=O) groups is 1. The number of likely N-dealkylation sites (N-methyl/N-ethyl adjacent to an activating group) is 1. The first-order chi connectivity index (χ1) is 9.97. The lowest BCUT2D eigenvalue weighted by Gasteiger charge is -2.35. The summed E-state index contributed by atoms with van der Waals surface area (Å²) in [5, 5.41) is 13.2. The van der Waals surface area contributed by atoms with E-state index in [1.807, 2.05) is 11.9 Å². The van der Waals surface area contributed by atoms with E-state index in [1.54, 1.807) is 24.3 Å². The summed E-state index contributed by atoms with van der Waals surface area (Å²) in [6.07, 6.45) is 1.22. The van der Waals surface area contributed by atoms with Crippen LogP contribution < -0.4 is 11.1 Å². The van der Waals surface area contributed by atoms with E-state index in [-0.39, 0.29) is 12.5 Å². The largest absolute Gasteiger partial charge is 0.399 e. The van der Waals surface area contributed by atoms with Crippen molar-refractivity contribution in [3.8, 4) is 0 Å². The van der Waals surface area contributed by atoms with Crippen LogP contribution in [0.1, 0.15) is 12.8 Å². The number of rotatable bonds is 5. The fourth-order valence-corrected chi connectivity index (χ4v) is 2.48. The molecule has 1 fully saturated rings. The van der Waals surface area contributed by atoms with Crippen molar-refractivity contribution in [3.63, 3.8) is 0 Å². The van der Waals surface area contributed by atoms with Gasteiger partial charge in [-0.15, -0.1) is 0 Å². The third kappa shape index (κ3) is 5.00. The Morgan fingerprint density at radius 2 is 2.00 bits per heavy atom. The molecule has 0 radical (unpaired) electrons. The van der Waals surface area contributed by atoms with Crippen molar-refractivity contribution in [1.82, 2.24) is 4.90 Å². The molecule has 4 N–H and O–H groups in total. The zero-order valence-corrected chi connectivity index (χ0v) is 12.3. The van der Waals surface area contributed by atoms with Gasteiger partial charge >= 0.3 is 0 Å². The van der Waals surface area contributed by atoms with Gasteiger partial charge in [-0.2, -0.15) is 0 Å². The average Bonchev–Trinajstić information content (AvgIpc) is 2.41. The summed E-state index contributed by atoms with van der Waals surface area (Å²) in [5.41, 5.74) is 6.22. The van der Waals surface area contributed by atoms with E-state index in [2.05, 4.69) is 5.32 Å². The van der Waals surface area contributed by atoms with E-state index in [0.29, 0.717) is 44.0 Å². The molecule has 0 bridgehead atoms. The molecular weight excluding hydrogens is 270 g/mol. The van der Waals surface area contributed by atoms with Crippen LogP contribution >= 0.6 is 0 Å². The second kappa shape index (κ2) is 6.89. The molecule has 1 aliphatic rings. The Hall–Kier alpha value is -1.63. The molecule has 6 heteroatoms. The molecule has 1 amide bonds. The van der Waals surface area contributed by atoms with Gasteiger partial charge in [-0.25, -0.2) is 0 Å². The molecule has 0 atom stereocenters. The van der Waals surface area contributed by atoms with Crippen LogP contribution in [-0.2, 0) is 9.53 Å². The SMILES string of the molecule is CN(CC(=O)Nc1ccc(N)cc1)CC1(O)CCOCC1. The summed E-state index contributed by atoms with van der Waals surface area (Å²) in [7, 11) is 1.83. The molecule has 0 aliphatic carbocycles. The van der Waals surface area contributed by atoms with Crippen molar-refractivity contribution in [2.24, 2.45) is 0 Å². The van der Waals surface area contributed by atoms with Crippen LogP contribution in [0.2, 0.25) is 0 Å². The highest BCUT2D eigenvalue weighted by Crippen LogP contribution is 2.21. The van der Waals surface area contributed by atoms with Crippen LogP contribution in [0.5, 0.6) is 0 Å². The van der Waals surface area contributed by atoms with E-state index >= 15 is 0 Å². The lowest BCUT2D eigenvalue weighted by atomic mass is 9.94. The zero-order chi connectivity index (χ0) is 15.3. The summed E-state index contributed by atoms with van der Waals surface area (Å²) in [6, 6.07) is 7.01. The van der Waals surface area contributed by atoms with Crippen LogP contribution in [0.3, 0.4) is 0 Å². The van der Waals surface area contributed by atoms with Crippen LogP contribution in [0, 0.1) is 0 Å². The predicted octanol–water partition coefficient (Wildman–Crippen LogP) is 0.681. The minimum Gasteiger partial charge on any atom is -0.399 e. The van der Waals surface area contributed by atoms with Crippen LogP contribution in [0.4, 0.5) is 11.4 Å². The highest BCUT2D eigenvalue weighted by Gasteiger charge is 2.31. The number of anilines is 2. The molecule has 1 aromatic rings. The molecule has 116 valence electrons. The van der Waals surface area contributed by atoms with E-state index < -0.39 is 5.60 Å². The number of hydrogen-bond donors (Lipinski definition) is 3. The minimum atomic E-state index is -0.755. The van der Waals surface area contributed by atoms with Gasteiger partial charge in [0, 0.05) is 44.0 Å². The van der Waals surface area contributed by atoms with Crippen molar-refractivity contribution < 1.29 is 14.6 Å². The molecule has 0 unspecified atom stereocenters. The van der Waals surface area contributed by atoms with Crippen LogP contribution in [-0.4, -0.2) is 54.9 Å². The molecule has 1 saturated heterocycles. The van der Waals surface area contributed by atoms with Crippen molar-refractivity contribution in [3.05, 3.63) is 24.3 Å². The van der Waals surface area contributed by atoms with Crippen LogP contribution in [0.25, 0.3) is 0 Å². The van der Waals surface area contributed by atoms with Gasteiger partial charge in [0.25, 0.3) is 0 Å². The Kier molecular flexibility index (Phi) is 5.17. The number of aliphatic hydroxyl groups is 1. The number of nitrogens with zero attached hydrogens (tertiary/aromatic N) is 1. The van der Waals surface area contributed by atoms with E-state index in [9.17, 15) is 9.90 Å². The van der Waals surface area contributed by atoms with Gasteiger partial charge in [0.05, 0.1) is 12.1 Å². The first-order valence-corrected chi connectivity index (χ1v) is 7.11. The Morgan fingerprint density at radius 1 is 1.38 bits per heavy atom. The van der Waals surface area contributed by atoms with Gasteiger partial charge in [-0.05, 0) is 31.3 Å². The fourth-order valence-electron chi connectivity index (χ4n) is 2.48. The fraction of sp³-hybridized carbons (Fsp3) is 0.533. The molecule has 1 aliphatic heterocycles. The number of ether oxygens (including phenoxy) is 1. The molecule has 21 heavy (non-hydrogen) atoms. The standard InChI is InChI=1S/C15H23N3O3/c1-18(11-15(20)6-8-21-9-7-15)10-14(19)17-13-4-2-12(16)3-5-13/h2-5,20H,6-11,16H2,1H3,(H,17,19). The Morgan fingerprint density at radius 3 is 2.62 bits per heavy atom. The normalized spacial score (nSPS) is 17.7. The monoisotopic (exact) mass is 293 g/mol. The number of hydrogen-bond acceptors (Lipinski definition) is 5. The molecular formula is C15H23N3O3. The molecule has 1 aromatic carbocycles. The average molecular weight is 293 g/mol. The van der Waals surface area contributed by atoms with Gasteiger partial charge in [-0.1, -0.05) is 0 Å². The van der Waals surface area contributed by atoms with Gasteiger partial charge in [0.2, 0.25) is 5.91 Å². The Bertz CT molecular complexity index is 470. The third-order valence-corrected chi connectivity index (χ3v) is 3.60. The van der Waals surface area contributed by atoms with E-state index in [4.69, 9.17) is 10.5 Å². The number of nitrogens with one attached hydrogen (secondary N) is 1. The summed E-state index contributed by atoms with van der Waals surface area (Å²) in [4.78, 5) is 13.8. The first kappa shape index (κ1) is 15.8. The highest BCUT2D eigenvalue weighted by molar-refractivity contribution is 5.92. The number of amides is 1. The van der Waals surface area contributed by atoms with Gasteiger partial charge in [-0.3, -0.25) is 9.69 Å². The Labute approximate surface area is 124 Å². The molecule has 2 rings (SSSR count). The second-order valence-electron chi connectivity index (χ2n) is 5.68. The maximum atomic E-state index is 12.0. The van der Waals surface area contributed by atoms with E-state index in [1.165, 1.54) is 0 Å². The lowest BCUT2D eigenvalue weighted by Crippen LogP contribution is -2.47. The van der Waals surface area contributed by atoms with Crippen LogP contribution in [0.15, 0.2) is 24.3 Å². The zero-order valence-electron chi connectivity index (χ0n) is 12.3. The summed E-state index contributed by atoms with van der Waals surface area (Å²) >= 11 is 0. The summed E-state index contributed by atoms with van der Waals surface area (Å²) < 4.78 is 5.25. The number of nitrogen functional groups attached to an aromatic ring is 1. The van der Waals surface area contributed by atoms with Crippen molar-refractivity contribution in [2.75, 3.05) is 44.4 Å². The van der Waals surface area contributed by atoms with Gasteiger partial charge in [0.15, 0.2) is 0 Å². The number of benzene rings is 1. The topological polar surface area (TPSA) is 87.8 Å². The second-order valence-corrected chi connectivity index (χ2v) is 5.68. The molecule has 1 heterocycles. The number of carbonyl (C=O) groups excluding carboxylic acids is 1.